The van der Waals surface area contributed by atoms with Crippen LogP contribution in [0.15, 0.2) is 34.9 Å². The molecule has 0 radical (unpaired) electrons. The molecule has 3 heteroatoms. The van der Waals surface area contributed by atoms with Gasteiger partial charge < -0.3 is 9.73 Å². The highest BCUT2D eigenvalue weighted by Gasteiger charge is 2.03. The maximum atomic E-state index is 5.95. The lowest BCUT2D eigenvalue weighted by atomic mass is 10.2. The van der Waals surface area contributed by atoms with E-state index in [1.165, 1.54) is 5.56 Å². The highest BCUT2D eigenvalue weighted by molar-refractivity contribution is 6.30. The van der Waals surface area contributed by atoms with Gasteiger partial charge >= 0.3 is 0 Å². The second-order valence-electron chi connectivity index (χ2n) is 3.84. The van der Waals surface area contributed by atoms with Crippen LogP contribution in [0.5, 0.6) is 0 Å². The first kappa shape index (κ1) is 11.1. The molecular weight excluding hydrogens is 222 g/mol. The SMILES string of the molecule is Cc1ccc(Cl)cc1NCc1occc1C. The Morgan fingerprint density at radius 1 is 1.19 bits per heavy atom. The molecule has 16 heavy (non-hydrogen) atoms. The Labute approximate surface area is 100 Å². The molecule has 2 aromatic rings. The zero-order chi connectivity index (χ0) is 11.5. The molecule has 2 nitrogen and oxygen atoms in total. The third kappa shape index (κ3) is 2.39. The minimum Gasteiger partial charge on any atom is -0.467 e. The van der Waals surface area contributed by atoms with E-state index < -0.39 is 0 Å². The Balaban J connectivity index is 2.10. The zero-order valence-corrected chi connectivity index (χ0v) is 10.1. The van der Waals surface area contributed by atoms with Gasteiger partial charge in [0.25, 0.3) is 0 Å². The molecule has 0 fully saturated rings. The van der Waals surface area contributed by atoms with E-state index in [1.807, 2.05) is 38.1 Å². The largest absolute Gasteiger partial charge is 0.467 e. The molecule has 0 spiro atoms. The third-order valence-electron chi connectivity index (χ3n) is 2.61. The summed E-state index contributed by atoms with van der Waals surface area (Å²) in [6.45, 7) is 4.76. The fraction of sp³-hybridized carbons (Fsp3) is 0.231. The first-order valence-corrected chi connectivity index (χ1v) is 5.57. The van der Waals surface area contributed by atoms with Crippen LogP contribution in [0.3, 0.4) is 0 Å². The van der Waals surface area contributed by atoms with Crippen LogP contribution in [0.1, 0.15) is 16.9 Å². The summed E-state index contributed by atoms with van der Waals surface area (Å²) in [7, 11) is 0. The number of hydrogen-bond donors (Lipinski definition) is 1. The maximum absolute atomic E-state index is 5.95. The molecule has 0 aliphatic rings. The maximum Gasteiger partial charge on any atom is 0.125 e. The van der Waals surface area contributed by atoms with Crippen LogP contribution >= 0.6 is 11.6 Å². The average Bonchev–Trinajstić information content (AvgIpc) is 2.66. The van der Waals surface area contributed by atoms with Gasteiger partial charge in [-0.2, -0.15) is 0 Å². The van der Waals surface area contributed by atoms with E-state index in [-0.39, 0.29) is 0 Å². The average molecular weight is 236 g/mol. The number of rotatable bonds is 3. The molecule has 0 unspecified atom stereocenters. The van der Waals surface area contributed by atoms with Crippen molar-refractivity contribution in [1.82, 2.24) is 0 Å². The van der Waals surface area contributed by atoms with Gasteiger partial charge in [-0.3, -0.25) is 0 Å². The Morgan fingerprint density at radius 3 is 2.69 bits per heavy atom. The van der Waals surface area contributed by atoms with E-state index in [0.717, 1.165) is 22.0 Å². The molecule has 0 amide bonds. The molecule has 1 heterocycles. The summed E-state index contributed by atoms with van der Waals surface area (Å²) in [5.74, 6) is 0.958. The minimum absolute atomic E-state index is 0.681. The van der Waals surface area contributed by atoms with Gasteiger partial charge in [-0.25, -0.2) is 0 Å². The van der Waals surface area contributed by atoms with Crippen molar-refractivity contribution in [2.45, 2.75) is 20.4 Å². The fourth-order valence-electron chi connectivity index (χ4n) is 1.55. The van der Waals surface area contributed by atoms with Crippen LogP contribution in [0.2, 0.25) is 5.02 Å². The van der Waals surface area contributed by atoms with Gasteiger partial charge in [0, 0.05) is 10.7 Å². The molecule has 0 aliphatic heterocycles. The van der Waals surface area contributed by atoms with Crippen LogP contribution < -0.4 is 5.32 Å². The second kappa shape index (κ2) is 4.62. The molecule has 0 saturated heterocycles. The molecular formula is C13H14ClNO. The van der Waals surface area contributed by atoms with Crippen molar-refractivity contribution in [3.63, 3.8) is 0 Å². The Hall–Kier alpha value is -1.41. The molecule has 1 aromatic heterocycles. The summed E-state index contributed by atoms with van der Waals surface area (Å²) < 4.78 is 5.36. The lowest BCUT2D eigenvalue weighted by Gasteiger charge is -2.08. The zero-order valence-electron chi connectivity index (χ0n) is 9.38. The van der Waals surface area contributed by atoms with Crippen molar-refractivity contribution in [3.05, 3.63) is 52.4 Å². The van der Waals surface area contributed by atoms with E-state index in [2.05, 4.69) is 5.32 Å². The van der Waals surface area contributed by atoms with Gasteiger partial charge in [-0.15, -0.1) is 0 Å². The predicted octanol–water partition coefficient (Wildman–Crippen LogP) is 4.16. The van der Waals surface area contributed by atoms with E-state index in [9.17, 15) is 0 Å². The van der Waals surface area contributed by atoms with Gasteiger partial charge in [0.2, 0.25) is 0 Å². The molecule has 0 saturated carbocycles. The van der Waals surface area contributed by atoms with Gasteiger partial charge in [0.1, 0.15) is 5.76 Å². The van der Waals surface area contributed by atoms with Gasteiger partial charge in [-0.1, -0.05) is 17.7 Å². The summed E-state index contributed by atoms with van der Waals surface area (Å²) in [6, 6.07) is 7.77. The number of benzene rings is 1. The summed E-state index contributed by atoms with van der Waals surface area (Å²) in [5, 5.41) is 4.06. The smallest absolute Gasteiger partial charge is 0.125 e. The summed E-state index contributed by atoms with van der Waals surface area (Å²) in [6.07, 6.45) is 1.71. The number of furan rings is 1. The van der Waals surface area contributed by atoms with Crippen molar-refractivity contribution in [2.75, 3.05) is 5.32 Å². The normalized spacial score (nSPS) is 10.4. The van der Waals surface area contributed by atoms with Crippen molar-refractivity contribution in [1.29, 1.82) is 0 Å². The molecule has 84 valence electrons. The van der Waals surface area contributed by atoms with Gasteiger partial charge in [0.05, 0.1) is 12.8 Å². The molecule has 1 aromatic carbocycles. The molecule has 1 N–H and O–H groups in total. The topological polar surface area (TPSA) is 25.2 Å². The molecule has 0 atom stereocenters. The standard InChI is InChI=1S/C13H14ClNO/c1-9-3-4-11(14)7-12(9)15-8-13-10(2)5-6-16-13/h3-7,15H,8H2,1-2H3. The highest BCUT2D eigenvalue weighted by Crippen LogP contribution is 2.21. The number of nitrogens with one attached hydrogen (secondary N) is 1. The molecule has 0 bridgehead atoms. The first-order valence-electron chi connectivity index (χ1n) is 5.20. The Morgan fingerprint density at radius 2 is 2.00 bits per heavy atom. The summed E-state index contributed by atoms with van der Waals surface area (Å²) in [4.78, 5) is 0. The highest BCUT2D eigenvalue weighted by atomic mass is 35.5. The lowest BCUT2D eigenvalue weighted by Crippen LogP contribution is -2.01. The fourth-order valence-corrected chi connectivity index (χ4v) is 1.72. The van der Waals surface area contributed by atoms with Crippen LogP contribution in [-0.4, -0.2) is 0 Å². The van der Waals surface area contributed by atoms with E-state index in [4.69, 9.17) is 16.0 Å². The summed E-state index contributed by atoms with van der Waals surface area (Å²) >= 11 is 5.95. The summed E-state index contributed by atoms with van der Waals surface area (Å²) in [5.41, 5.74) is 3.38. The third-order valence-corrected chi connectivity index (χ3v) is 2.84. The Kier molecular flexibility index (Phi) is 3.20. The predicted molar refractivity (Wildman–Crippen MR) is 67.0 cm³/mol. The molecule has 0 aliphatic carbocycles. The van der Waals surface area contributed by atoms with E-state index in [1.54, 1.807) is 6.26 Å². The van der Waals surface area contributed by atoms with Gasteiger partial charge in [0.15, 0.2) is 0 Å². The van der Waals surface area contributed by atoms with Crippen LogP contribution in [0, 0.1) is 13.8 Å². The monoisotopic (exact) mass is 235 g/mol. The Bertz CT molecular complexity index is 490. The second-order valence-corrected chi connectivity index (χ2v) is 4.28. The minimum atomic E-state index is 0.681. The van der Waals surface area contributed by atoms with Gasteiger partial charge in [-0.05, 0) is 43.2 Å². The number of hydrogen-bond acceptors (Lipinski definition) is 2. The van der Waals surface area contributed by atoms with Crippen molar-refractivity contribution >= 4 is 17.3 Å². The van der Waals surface area contributed by atoms with Crippen molar-refractivity contribution < 1.29 is 4.42 Å². The van der Waals surface area contributed by atoms with Crippen LogP contribution in [0.4, 0.5) is 5.69 Å². The lowest BCUT2D eigenvalue weighted by molar-refractivity contribution is 0.515. The molecule has 2 rings (SSSR count). The number of aryl methyl sites for hydroxylation is 2. The van der Waals surface area contributed by atoms with Crippen molar-refractivity contribution in [2.24, 2.45) is 0 Å². The first-order chi connectivity index (χ1) is 7.66. The quantitative estimate of drug-likeness (QED) is 0.864. The van der Waals surface area contributed by atoms with Crippen LogP contribution in [0.25, 0.3) is 0 Å². The van der Waals surface area contributed by atoms with Crippen molar-refractivity contribution in [3.8, 4) is 0 Å². The number of anilines is 1. The van der Waals surface area contributed by atoms with E-state index in [0.29, 0.717) is 6.54 Å². The van der Waals surface area contributed by atoms with E-state index >= 15 is 0 Å². The van der Waals surface area contributed by atoms with Crippen LogP contribution in [-0.2, 0) is 6.54 Å². The number of halogens is 1.